The van der Waals surface area contributed by atoms with Crippen LogP contribution in [0.4, 0.5) is 22.0 Å². The molecular weight excluding hydrogens is 411 g/mol. The maximum atomic E-state index is 15.0. The van der Waals surface area contributed by atoms with E-state index in [0.717, 1.165) is 30.4 Å². The highest BCUT2D eigenvalue weighted by atomic mass is 19.4. The fraction of sp³-hybridized carbons (Fsp3) is 0.520. The van der Waals surface area contributed by atoms with E-state index < -0.39 is 17.9 Å². The van der Waals surface area contributed by atoms with Gasteiger partial charge in [0.25, 0.3) is 0 Å². The van der Waals surface area contributed by atoms with Crippen molar-refractivity contribution >= 4 is 0 Å². The number of benzene rings is 2. The van der Waals surface area contributed by atoms with Gasteiger partial charge in [-0.1, -0.05) is 31.5 Å². The summed E-state index contributed by atoms with van der Waals surface area (Å²) in [5.74, 6) is -0.943. The summed E-state index contributed by atoms with van der Waals surface area (Å²) in [6, 6.07) is 8.00. The predicted molar refractivity (Wildman–Crippen MR) is 109 cm³/mol. The zero-order valence-electron chi connectivity index (χ0n) is 17.6. The Morgan fingerprint density at radius 2 is 1.68 bits per heavy atom. The summed E-state index contributed by atoms with van der Waals surface area (Å²) in [6.07, 6.45) is 1.97. The van der Waals surface area contributed by atoms with Gasteiger partial charge in [-0.3, -0.25) is 0 Å². The maximum Gasteiger partial charge on any atom is 0.573 e. The van der Waals surface area contributed by atoms with Crippen molar-refractivity contribution in [1.29, 1.82) is 0 Å². The lowest BCUT2D eigenvalue weighted by Crippen LogP contribution is -2.20. The van der Waals surface area contributed by atoms with Crippen molar-refractivity contribution in [1.82, 2.24) is 0 Å². The Hall–Kier alpha value is -2.11. The molecule has 1 atom stereocenters. The van der Waals surface area contributed by atoms with E-state index in [2.05, 4.69) is 11.7 Å². The van der Waals surface area contributed by atoms with Crippen molar-refractivity contribution in [2.45, 2.75) is 76.5 Å². The predicted octanol–water partition coefficient (Wildman–Crippen LogP) is 7.82. The minimum absolute atomic E-state index is 0.119. The number of fused-ring (bicyclic) bond motifs is 1. The molecule has 2 aromatic rings. The van der Waals surface area contributed by atoms with Crippen molar-refractivity contribution in [2.24, 2.45) is 5.92 Å². The van der Waals surface area contributed by atoms with Crippen molar-refractivity contribution in [3.63, 3.8) is 0 Å². The molecule has 0 amide bonds. The van der Waals surface area contributed by atoms with Gasteiger partial charge in [0.05, 0.1) is 0 Å². The Morgan fingerprint density at radius 1 is 0.935 bits per heavy atom. The van der Waals surface area contributed by atoms with E-state index in [-0.39, 0.29) is 23.7 Å². The molecule has 31 heavy (non-hydrogen) atoms. The summed E-state index contributed by atoms with van der Waals surface area (Å²) in [4.78, 5) is 0. The van der Waals surface area contributed by atoms with Crippen LogP contribution in [0, 0.1) is 17.6 Å². The van der Waals surface area contributed by atoms with Crippen LogP contribution < -0.4 is 4.74 Å². The molecule has 1 fully saturated rings. The molecule has 0 aromatic heterocycles. The summed E-state index contributed by atoms with van der Waals surface area (Å²) < 4.78 is 70.7. The first-order valence-electron chi connectivity index (χ1n) is 11.1. The highest BCUT2D eigenvalue weighted by molar-refractivity contribution is 5.42. The minimum atomic E-state index is -4.94. The summed E-state index contributed by atoms with van der Waals surface area (Å²) in [5.41, 5.74) is 2.51. The van der Waals surface area contributed by atoms with Crippen LogP contribution >= 0.6 is 0 Å². The number of alkyl halides is 3. The second kappa shape index (κ2) is 8.79. The average Bonchev–Trinajstić information content (AvgIpc) is 2.75. The number of ether oxygens (including phenoxy) is 1. The third-order valence-electron chi connectivity index (χ3n) is 7.10. The van der Waals surface area contributed by atoms with Crippen LogP contribution in [0.2, 0.25) is 0 Å². The number of halogens is 5. The molecule has 0 aliphatic heterocycles. The van der Waals surface area contributed by atoms with Gasteiger partial charge >= 0.3 is 6.36 Å². The first kappa shape index (κ1) is 22.1. The molecule has 0 heterocycles. The van der Waals surface area contributed by atoms with E-state index in [1.54, 1.807) is 6.07 Å². The molecule has 1 nitrogen and oxygen atoms in total. The zero-order valence-corrected chi connectivity index (χ0v) is 17.6. The molecule has 168 valence electrons. The third-order valence-corrected chi connectivity index (χ3v) is 7.10. The fourth-order valence-electron chi connectivity index (χ4n) is 5.29. The first-order valence-corrected chi connectivity index (χ1v) is 11.1. The van der Waals surface area contributed by atoms with Gasteiger partial charge in [0.1, 0.15) is 5.82 Å². The molecule has 0 saturated heterocycles. The summed E-state index contributed by atoms with van der Waals surface area (Å²) in [7, 11) is 0. The summed E-state index contributed by atoms with van der Waals surface area (Å²) >= 11 is 0. The average molecular weight is 438 g/mol. The van der Waals surface area contributed by atoms with Crippen molar-refractivity contribution in [2.75, 3.05) is 0 Å². The molecule has 6 heteroatoms. The Labute approximate surface area is 179 Å². The minimum Gasteiger partial charge on any atom is -0.403 e. The lowest BCUT2D eigenvalue weighted by molar-refractivity contribution is -0.275. The van der Waals surface area contributed by atoms with Gasteiger partial charge in [-0.2, -0.15) is 0 Å². The van der Waals surface area contributed by atoms with Crippen LogP contribution in [0.3, 0.4) is 0 Å². The molecular formula is C25H27F5O. The van der Waals surface area contributed by atoms with E-state index in [4.69, 9.17) is 0 Å². The van der Waals surface area contributed by atoms with Crippen molar-refractivity contribution in [3.05, 3.63) is 64.2 Å². The van der Waals surface area contributed by atoms with Crippen molar-refractivity contribution in [3.8, 4) is 5.75 Å². The first-order chi connectivity index (χ1) is 14.7. The van der Waals surface area contributed by atoms with E-state index in [1.807, 2.05) is 12.1 Å². The van der Waals surface area contributed by atoms with E-state index >= 15 is 4.39 Å². The number of rotatable bonds is 4. The monoisotopic (exact) mass is 438 g/mol. The molecule has 2 aliphatic carbocycles. The molecule has 0 spiro atoms. The SMILES string of the molecule is CCC1CCC(c2ccc(C3CCc4c(ccc(OC(F)(F)F)c4F)C3)c(F)c2)CC1. The summed E-state index contributed by atoms with van der Waals surface area (Å²) in [5, 5.41) is 0. The van der Waals surface area contributed by atoms with Crippen LogP contribution in [0.5, 0.6) is 5.75 Å². The molecule has 4 rings (SSSR count). The van der Waals surface area contributed by atoms with Gasteiger partial charge < -0.3 is 4.74 Å². The maximum absolute atomic E-state index is 15.0. The Morgan fingerprint density at radius 3 is 2.32 bits per heavy atom. The standard InChI is InChI=1S/C25H27F5O/c1-2-15-3-5-16(6-4-15)17-7-10-20(22(26)14-17)18-8-11-21-19(13-18)9-12-23(24(21)27)31-25(28,29)30/h7,9-10,12,14-16,18H,2-6,8,11,13H2,1H3. The van der Waals surface area contributed by atoms with Gasteiger partial charge in [-0.25, -0.2) is 8.78 Å². The zero-order chi connectivity index (χ0) is 22.2. The molecule has 1 saturated carbocycles. The molecule has 1 unspecified atom stereocenters. The van der Waals surface area contributed by atoms with E-state index in [9.17, 15) is 17.6 Å². The second-order valence-corrected chi connectivity index (χ2v) is 8.91. The lowest BCUT2D eigenvalue weighted by atomic mass is 9.76. The smallest absolute Gasteiger partial charge is 0.403 e. The largest absolute Gasteiger partial charge is 0.573 e. The topological polar surface area (TPSA) is 9.23 Å². The van der Waals surface area contributed by atoms with Crippen molar-refractivity contribution < 1.29 is 26.7 Å². The van der Waals surface area contributed by atoms with Gasteiger partial charge in [0.15, 0.2) is 11.6 Å². The normalized spacial score (nSPS) is 24.0. The van der Waals surface area contributed by atoms with Crippen LogP contribution in [0.15, 0.2) is 30.3 Å². The van der Waals surface area contributed by atoms with E-state index in [0.29, 0.717) is 29.9 Å². The molecule has 0 radical (unpaired) electrons. The highest BCUT2D eigenvalue weighted by Gasteiger charge is 2.34. The van der Waals surface area contributed by atoms with Gasteiger partial charge in [-0.15, -0.1) is 13.2 Å². The third kappa shape index (κ3) is 4.88. The van der Waals surface area contributed by atoms with Crippen LogP contribution in [0.25, 0.3) is 0 Å². The molecule has 2 aliphatic rings. The second-order valence-electron chi connectivity index (χ2n) is 8.91. The Bertz CT molecular complexity index is 928. The molecule has 0 N–H and O–H groups in total. The van der Waals surface area contributed by atoms with E-state index in [1.165, 1.54) is 25.3 Å². The fourth-order valence-corrected chi connectivity index (χ4v) is 5.29. The van der Waals surface area contributed by atoms with Gasteiger partial charge in [-0.05, 0) is 97.1 Å². The quantitative estimate of drug-likeness (QED) is 0.442. The van der Waals surface area contributed by atoms with Crippen LogP contribution in [0.1, 0.15) is 79.5 Å². The lowest BCUT2D eigenvalue weighted by Gasteiger charge is -2.29. The highest BCUT2D eigenvalue weighted by Crippen LogP contribution is 2.41. The molecule has 0 bridgehead atoms. The van der Waals surface area contributed by atoms with Crippen LogP contribution in [-0.4, -0.2) is 6.36 Å². The Kier molecular flexibility index (Phi) is 6.27. The molecule has 2 aromatic carbocycles. The van der Waals surface area contributed by atoms with Gasteiger partial charge in [0.2, 0.25) is 0 Å². The Balaban J connectivity index is 1.49. The number of hydrogen-bond acceptors (Lipinski definition) is 1. The van der Waals surface area contributed by atoms with Crippen LogP contribution in [-0.2, 0) is 12.8 Å². The number of hydrogen-bond donors (Lipinski definition) is 0. The van der Waals surface area contributed by atoms with Gasteiger partial charge in [0, 0.05) is 0 Å². The summed E-state index contributed by atoms with van der Waals surface area (Å²) in [6.45, 7) is 2.22.